The highest BCUT2D eigenvalue weighted by Crippen LogP contribution is 2.50. The first kappa shape index (κ1) is 44.5. The van der Waals surface area contributed by atoms with Crippen molar-refractivity contribution < 1.29 is 50.6 Å². The van der Waals surface area contributed by atoms with E-state index in [1.54, 1.807) is 32.9 Å². The number of methoxy groups -OCH3 is 1. The van der Waals surface area contributed by atoms with Gasteiger partial charge in [0, 0.05) is 12.0 Å². The highest BCUT2D eigenvalue weighted by molar-refractivity contribution is 7.91. The Hall–Kier alpha value is -5.13. The van der Waals surface area contributed by atoms with Crippen LogP contribution in [-0.4, -0.2) is 102 Å². The molecule has 15 nitrogen and oxygen atoms in total. The molecule has 1 aromatic heterocycles. The first-order valence-corrected chi connectivity index (χ1v) is 23.3. The van der Waals surface area contributed by atoms with Crippen molar-refractivity contribution in [3.8, 4) is 11.6 Å². The normalized spacial score (nSPS) is 29.5. The minimum atomic E-state index is -4.28. The highest BCUT2D eigenvalue weighted by atomic mass is 32.2. The number of carbonyl (C=O) groups is 4. The minimum absolute atomic E-state index is 0.139. The van der Waals surface area contributed by atoms with Gasteiger partial charge in [-0.1, -0.05) is 63.9 Å². The number of sulfonamides is 1. The van der Waals surface area contributed by atoms with Crippen molar-refractivity contribution in [2.75, 3.05) is 13.7 Å². The maximum absolute atomic E-state index is 15.2. The summed E-state index contributed by atoms with van der Waals surface area (Å²) in [5.41, 5.74) is -0.788. The molecule has 3 heterocycles. The molecule has 3 saturated carbocycles. The van der Waals surface area contributed by atoms with Crippen LogP contribution < -0.4 is 24.8 Å². The smallest absolute Gasteiger partial charge is 0.408 e. The second-order valence-electron chi connectivity index (χ2n) is 19.2. The van der Waals surface area contributed by atoms with Crippen molar-refractivity contribution in [2.24, 2.45) is 23.2 Å². The molecule has 5 aliphatic rings. The Labute approximate surface area is 365 Å². The summed E-state index contributed by atoms with van der Waals surface area (Å²) in [7, 11) is -2.74. The number of aryl methyl sites for hydroxylation is 1. The molecule has 0 radical (unpaired) electrons. The van der Waals surface area contributed by atoms with E-state index < -0.39 is 92.4 Å². The van der Waals surface area contributed by atoms with Crippen molar-refractivity contribution in [3.63, 3.8) is 0 Å². The zero-order chi connectivity index (χ0) is 45.1. The predicted molar refractivity (Wildman–Crippen MR) is 226 cm³/mol. The summed E-state index contributed by atoms with van der Waals surface area (Å²) < 4.78 is 74.5. The molecular formula is C45H56F2N6O9S. The average molecular weight is 895 g/mol. The number of nitrogens with one attached hydrogen (secondary N) is 3. The molecule has 2 aliphatic heterocycles. The number of amides is 4. The van der Waals surface area contributed by atoms with E-state index in [-0.39, 0.29) is 43.7 Å². The fraction of sp³-hybridized carbons (Fsp3) is 0.600. The minimum Gasteiger partial charge on any atom is -0.497 e. The van der Waals surface area contributed by atoms with Gasteiger partial charge in [0.2, 0.25) is 34.1 Å². The topological polar surface area (TPSA) is 195 Å². The molecule has 4 fully saturated rings. The van der Waals surface area contributed by atoms with Crippen LogP contribution in [0.25, 0.3) is 11.0 Å². The lowest BCUT2D eigenvalue weighted by atomic mass is 9.85. The lowest BCUT2D eigenvalue weighted by Gasteiger charge is -2.36. The van der Waals surface area contributed by atoms with Crippen LogP contribution in [0.4, 0.5) is 13.6 Å². The lowest BCUT2D eigenvalue weighted by molar-refractivity contribution is -0.144. The van der Waals surface area contributed by atoms with E-state index in [1.165, 1.54) is 18.9 Å². The largest absolute Gasteiger partial charge is 0.497 e. The van der Waals surface area contributed by atoms with Crippen LogP contribution in [0.1, 0.15) is 90.3 Å². The number of alkyl carbamates (subject to hydrolysis) is 1. The van der Waals surface area contributed by atoms with Crippen LogP contribution in [-0.2, 0) is 42.0 Å². The first-order valence-electron chi connectivity index (χ1n) is 21.8. The van der Waals surface area contributed by atoms with Crippen LogP contribution >= 0.6 is 0 Å². The summed E-state index contributed by atoms with van der Waals surface area (Å²) in [5, 5.41) is 5.34. The van der Waals surface area contributed by atoms with E-state index in [9.17, 15) is 26.8 Å². The van der Waals surface area contributed by atoms with Gasteiger partial charge in [0.1, 0.15) is 41.3 Å². The molecule has 1 saturated heterocycles. The number of ether oxygens (including phenoxy) is 3. The van der Waals surface area contributed by atoms with Gasteiger partial charge in [0.15, 0.2) is 0 Å². The molecule has 340 valence electrons. The predicted octanol–water partition coefficient (Wildman–Crippen LogP) is 5.24. The number of hydrogen-bond donors (Lipinski definition) is 3. The fourth-order valence-corrected chi connectivity index (χ4v) is 10.4. The molecule has 8 rings (SSSR count). The molecule has 3 N–H and O–H groups in total. The van der Waals surface area contributed by atoms with Crippen LogP contribution in [0, 0.1) is 23.2 Å². The molecule has 3 aromatic rings. The Bertz CT molecular complexity index is 2380. The summed E-state index contributed by atoms with van der Waals surface area (Å²) in [5.74, 6) is -4.57. The van der Waals surface area contributed by atoms with Gasteiger partial charge in [-0.15, -0.1) is 0 Å². The molecule has 0 unspecified atom stereocenters. The van der Waals surface area contributed by atoms with E-state index in [4.69, 9.17) is 24.2 Å². The Morgan fingerprint density at radius 1 is 1.02 bits per heavy atom. The third kappa shape index (κ3) is 9.14. The molecule has 0 spiro atoms. The Balaban J connectivity index is 1.23. The molecule has 2 aromatic carbocycles. The van der Waals surface area contributed by atoms with Gasteiger partial charge in [-0.2, -0.15) is 0 Å². The number of nitrogens with zero attached hydrogens (tertiary/aromatic N) is 3. The Kier molecular flexibility index (Phi) is 11.8. The standard InChI is InChI=1S/C45H56F2N6O9S/c1-43(2,3)36-40(55)53-24-34(61-39-31(48-30-17-16-27(60-5)22-32(30)49-39)15-11-7-10-14-26-21-33(26)62-42(57)50-36)28(20-25-12-8-6-9-13-25)35(53)38(54)51-45(23-29(45)37(46)47)41(56)52-63(58,59)44(4)18-19-44/h6,8-9,12-13,16-17,22,26,28-29,33-37H,7,10-11,14-15,18-21,23-24H2,1-5H3,(H,50,57)(H,51,54)(H,52,56)/t26-,28-,29+,33-,34+,35+,36-,45-/m1/s1. The van der Waals surface area contributed by atoms with E-state index >= 15 is 9.59 Å². The maximum Gasteiger partial charge on any atom is 0.408 e. The average Bonchev–Trinajstić information content (AvgIpc) is 4.18. The van der Waals surface area contributed by atoms with Crippen LogP contribution in [0.5, 0.6) is 11.6 Å². The Morgan fingerprint density at radius 3 is 2.43 bits per heavy atom. The van der Waals surface area contributed by atoms with E-state index in [0.717, 1.165) is 31.2 Å². The van der Waals surface area contributed by atoms with Crippen LogP contribution in [0.15, 0.2) is 48.5 Å². The fourth-order valence-electron chi connectivity index (χ4n) is 9.05. The number of benzene rings is 2. The maximum atomic E-state index is 15.2. The molecule has 18 heteroatoms. The Morgan fingerprint density at radius 2 is 1.76 bits per heavy atom. The molecule has 8 atom stereocenters. The molecule has 4 amide bonds. The summed E-state index contributed by atoms with van der Waals surface area (Å²) in [6.45, 7) is 6.50. The van der Waals surface area contributed by atoms with Gasteiger partial charge in [-0.05, 0) is 87.3 Å². The summed E-state index contributed by atoms with van der Waals surface area (Å²) in [6.07, 6.45) is -0.397. The van der Waals surface area contributed by atoms with Gasteiger partial charge >= 0.3 is 6.09 Å². The van der Waals surface area contributed by atoms with Crippen LogP contribution in [0.2, 0.25) is 0 Å². The quantitative estimate of drug-likeness (QED) is 0.254. The van der Waals surface area contributed by atoms with Crippen molar-refractivity contribution in [2.45, 2.75) is 133 Å². The van der Waals surface area contributed by atoms with E-state index in [2.05, 4.69) is 10.6 Å². The van der Waals surface area contributed by atoms with Gasteiger partial charge in [-0.3, -0.25) is 19.1 Å². The van der Waals surface area contributed by atoms with Gasteiger partial charge in [0.25, 0.3) is 5.91 Å². The van der Waals surface area contributed by atoms with Crippen LogP contribution in [0.3, 0.4) is 0 Å². The van der Waals surface area contributed by atoms with E-state index in [0.29, 0.717) is 35.3 Å². The summed E-state index contributed by atoms with van der Waals surface area (Å²) in [6, 6.07) is 11.8. The molecule has 2 bridgehead atoms. The number of halogens is 2. The number of carbonyl (C=O) groups excluding carboxylic acids is 4. The number of rotatable bonds is 9. The lowest BCUT2D eigenvalue weighted by Crippen LogP contribution is -2.61. The number of aromatic nitrogens is 2. The molecule has 63 heavy (non-hydrogen) atoms. The van der Waals surface area contributed by atoms with Gasteiger partial charge in [0.05, 0.1) is 35.4 Å². The monoisotopic (exact) mass is 894 g/mol. The SMILES string of the molecule is COc1ccc2nc3c(nc2c1)O[C@H]1CN(C(=O)[C@H](C(C)(C)C)NC(=O)O[C@@H]2C[C@H]2CCCCC3)[C@H](C(=O)N[C@]2(C(=O)NS(=O)(=O)C3(C)CC3)C[C@H]2C(F)F)[C@@H]1Cc1ccccc1. The van der Waals surface area contributed by atoms with Crippen molar-refractivity contribution in [1.82, 2.24) is 30.2 Å². The zero-order valence-electron chi connectivity index (χ0n) is 36.2. The third-order valence-electron chi connectivity index (χ3n) is 13.5. The molecule has 3 aliphatic carbocycles. The zero-order valence-corrected chi connectivity index (χ0v) is 37.0. The second-order valence-corrected chi connectivity index (χ2v) is 21.4. The summed E-state index contributed by atoms with van der Waals surface area (Å²) >= 11 is 0. The summed E-state index contributed by atoms with van der Waals surface area (Å²) in [4.78, 5) is 68.9. The van der Waals surface area contributed by atoms with Gasteiger partial charge < -0.3 is 29.7 Å². The third-order valence-corrected chi connectivity index (χ3v) is 15.7. The van der Waals surface area contributed by atoms with Crippen molar-refractivity contribution in [3.05, 3.63) is 59.8 Å². The highest BCUT2D eigenvalue weighted by Gasteiger charge is 2.68. The number of fused-ring (bicyclic) bond motifs is 5. The number of hydrogen-bond acceptors (Lipinski definition) is 11. The van der Waals surface area contributed by atoms with Crippen molar-refractivity contribution >= 4 is 44.9 Å². The molecular weight excluding hydrogens is 839 g/mol. The first-order chi connectivity index (χ1) is 29.8. The second kappa shape index (κ2) is 16.8. The number of alkyl halides is 2. The van der Waals surface area contributed by atoms with Crippen molar-refractivity contribution in [1.29, 1.82) is 0 Å². The van der Waals surface area contributed by atoms with E-state index in [1.807, 2.05) is 41.1 Å². The van der Waals surface area contributed by atoms with Gasteiger partial charge in [-0.25, -0.2) is 32.0 Å².